The first kappa shape index (κ1) is 14.0. The summed E-state index contributed by atoms with van der Waals surface area (Å²) in [5.74, 6) is -0.892. The minimum atomic E-state index is -0.892. The number of hydrogen-bond donors (Lipinski definition) is 1. The number of hydrogen-bond acceptors (Lipinski definition) is 3. The van der Waals surface area contributed by atoms with Crippen LogP contribution in [0.5, 0.6) is 0 Å². The van der Waals surface area contributed by atoms with Crippen molar-refractivity contribution in [2.45, 2.75) is 0 Å². The molecule has 2 aromatic rings. The van der Waals surface area contributed by atoms with Crippen molar-refractivity contribution in [3.8, 4) is 0 Å². The normalized spacial score (nSPS) is 10.3. The van der Waals surface area contributed by atoms with Gasteiger partial charge in [-0.1, -0.05) is 17.7 Å². The molecule has 0 aliphatic rings. The molecule has 0 aliphatic heterocycles. The summed E-state index contributed by atoms with van der Waals surface area (Å²) in [7, 11) is 0. The molecule has 1 N–H and O–H groups in total. The third-order valence-electron chi connectivity index (χ3n) is 2.37. The van der Waals surface area contributed by atoms with Gasteiger partial charge in [-0.3, -0.25) is 10.1 Å². The lowest BCUT2D eigenvalue weighted by Gasteiger charge is -2.09. The summed E-state index contributed by atoms with van der Waals surface area (Å²) in [5.41, 5.74) is -0.0546. The van der Waals surface area contributed by atoms with E-state index in [1.807, 2.05) is 0 Å². The van der Waals surface area contributed by atoms with Crippen molar-refractivity contribution in [3.05, 3.63) is 60.9 Å². The van der Waals surface area contributed by atoms with Crippen LogP contribution in [0.2, 0.25) is 5.02 Å². The van der Waals surface area contributed by atoms with Gasteiger partial charge in [-0.25, -0.2) is 0 Å². The van der Waals surface area contributed by atoms with Crippen molar-refractivity contribution < 1.29 is 9.31 Å². The van der Waals surface area contributed by atoms with E-state index < -0.39 is 16.4 Å². The average molecular weight is 393 g/mol. The molecule has 0 fully saturated rings. The Morgan fingerprint density at radius 1 is 1.26 bits per heavy atom. The maximum Gasteiger partial charge on any atom is 0.327 e. The van der Waals surface area contributed by atoms with Crippen LogP contribution in [0.25, 0.3) is 0 Å². The van der Waals surface area contributed by atoms with Crippen molar-refractivity contribution in [1.82, 2.24) is 0 Å². The molecular formula is C12H7ClFIN2O2. The lowest BCUT2D eigenvalue weighted by Crippen LogP contribution is -2.00. The van der Waals surface area contributed by atoms with Gasteiger partial charge in [-0.05, 0) is 52.9 Å². The third-order valence-corrected chi connectivity index (χ3v) is 3.35. The summed E-state index contributed by atoms with van der Waals surface area (Å²) in [5, 5.41) is 14.0. The van der Waals surface area contributed by atoms with Gasteiger partial charge in [0.25, 0.3) is 0 Å². The predicted octanol–water partition coefficient (Wildman–Crippen LogP) is 4.74. The summed E-state index contributed by atoms with van der Waals surface area (Å²) >= 11 is 8.12. The van der Waals surface area contributed by atoms with Gasteiger partial charge < -0.3 is 5.32 Å². The van der Waals surface area contributed by atoms with Crippen LogP contribution in [-0.4, -0.2) is 4.92 Å². The molecule has 0 amide bonds. The molecule has 0 aromatic heterocycles. The Balaban J connectivity index is 2.44. The molecule has 0 spiro atoms. The number of anilines is 2. The van der Waals surface area contributed by atoms with Crippen molar-refractivity contribution in [3.63, 3.8) is 0 Å². The Bertz CT molecular complexity index is 652. The van der Waals surface area contributed by atoms with Gasteiger partial charge in [0.15, 0.2) is 0 Å². The highest BCUT2D eigenvalue weighted by molar-refractivity contribution is 14.1. The minimum absolute atomic E-state index is 0.0631. The second-order valence-corrected chi connectivity index (χ2v) is 5.30. The molecule has 0 radical (unpaired) electrons. The third kappa shape index (κ3) is 3.13. The quantitative estimate of drug-likeness (QED) is 0.466. The maximum atomic E-state index is 13.5. The van der Waals surface area contributed by atoms with Crippen molar-refractivity contribution >= 4 is 51.3 Å². The zero-order chi connectivity index (χ0) is 14.0. The SMILES string of the molecule is O=[N+]([O-])c1c(F)cccc1Nc1ccc(I)cc1Cl. The van der Waals surface area contributed by atoms with Crippen molar-refractivity contribution in [1.29, 1.82) is 0 Å². The highest BCUT2D eigenvalue weighted by Crippen LogP contribution is 2.33. The molecule has 2 aromatic carbocycles. The Hall–Kier alpha value is -1.41. The van der Waals surface area contributed by atoms with E-state index in [4.69, 9.17) is 11.6 Å². The minimum Gasteiger partial charge on any atom is -0.349 e. The van der Waals surface area contributed by atoms with Gasteiger partial charge in [-0.2, -0.15) is 4.39 Å². The van der Waals surface area contributed by atoms with Crippen LogP contribution in [0.15, 0.2) is 36.4 Å². The van der Waals surface area contributed by atoms with Gasteiger partial charge in [0, 0.05) is 3.57 Å². The van der Waals surface area contributed by atoms with Crippen LogP contribution in [0, 0.1) is 19.5 Å². The maximum absolute atomic E-state index is 13.5. The number of nitrogens with one attached hydrogen (secondary N) is 1. The summed E-state index contributed by atoms with van der Waals surface area (Å²) in [6.45, 7) is 0. The Kier molecular flexibility index (Phi) is 4.20. The molecule has 0 heterocycles. The monoisotopic (exact) mass is 392 g/mol. The first-order valence-corrected chi connectivity index (χ1v) is 6.59. The Morgan fingerprint density at radius 3 is 2.63 bits per heavy atom. The van der Waals surface area contributed by atoms with Crippen LogP contribution in [0.3, 0.4) is 0 Å². The fraction of sp³-hybridized carbons (Fsp3) is 0. The van der Waals surface area contributed by atoms with Gasteiger partial charge >= 0.3 is 5.69 Å². The number of para-hydroxylation sites is 1. The van der Waals surface area contributed by atoms with Gasteiger partial charge in [0.1, 0.15) is 5.69 Å². The first-order valence-electron chi connectivity index (χ1n) is 5.14. The molecule has 0 saturated heterocycles. The molecule has 4 nitrogen and oxygen atoms in total. The second-order valence-electron chi connectivity index (χ2n) is 3.64. The van der Waals surface area contributed by atoms with Crippen LogP contribution in [0.1, 0.15) is 0 Å². The highest BCUT2D eigenvalue weighted by atomic mass is 127. The van der Waals surface area contributed by atoms with E-state index >= 15 is 0 Å². The van der Waals surface area contributed by atoms with E-state index in [1.54, 1.807) is 18.2 Å². The summed E-state index contributed by atoms with van der Waals surface area (Å²) in [6, 6.07) is 9.04. The molecule has 0 saturated carbocycles. The topological polar surface area (TPSA) is 55.2 Å². The van der Waals surface area contributed by atoms with E-state index in [0.717, 1.165) is 9.64 Å². The number of nitro groups is 1. The van der Waals surface area contributed by atoms with Gasteiger partial charge in [0.05, 0.1) is 15.6 Å². The molecule has 0 unspecified atom stereocenters. The predicted molar refractivity (Wildman–Crippen MR) is 80.5 cm³/mol. The van der Waals surface area contributed by atoms with Crippen LogP contribution < -0.4 is 5.32 Å². The molecule has 19 heavy (non-hydrogen) atoms. The smallest absolute Gasteiger partial charge is 0.327 e. The Labute approximate surface area is 126 Å². The number of nitro benzene ring substituents is 1. The van der Waals surface area contributed by atoms with E-state index in [-0.39, 0.29) is 5.69 Å². The molecule has 0 bridgehead atoms. The lowest BCUT2D eigenvalue weighted by atomic mass is 10.2. The van der Waals surface area contributed by atoms with E-state index in [0.29, 0.717) is 10.7 Å². The van der Waals surface area contributed by atoms with E-state index in [2.05, 4.69) is 27.9 Å². The fourth-order valence-corrected chi connectivity index (χ4v) is 2.44. The van der Waals surface area contributed by atoms with E-state index in [1.165, 1.54) is 12.1 Å². The van der Waals surface area contributed by atoms with Crippen LogP contribution >= 0.6 is 34.2 Å². The van der Waals surface area contributed by atoms with Gasteiger partial charge in [-0.15, -0.1) is 0 Å². The molecule has 2 rings (SSSR count). The fourth-order valence-electron chi connectivity index (χ4n) is 1.54. The van der Waals surface area contributed by atoms with Crippen molar-refractivity contribution in [2.24, 2.45) is 0 Å². The summed E-state index contributed by atoms with van der Waals surface area (Å²) in [4.78, 5) is 10.1. The standard InChI is InChI=1S/C12H7ClFIN2O2/c13-8-6-7(15)4-5-10(8)16-11-3-1-2-9(14)12(11)17(18)19/h1-6,16H. The number of nitrogens with zero attached hydrogens (tertiary/aromatic N) is 1. The first-order chi connectivity index (χ1) is 8.99. The number of benzene rings is 2. The summed E-state index contributed by atoms with van der Waals surface area (Å²) < 4.78 is 14.4. The molecule has 0 aliphatic carbocycles. The lowest BCUT2D eigenvalue weighted by molar-refractivity contribution is -0.386. The van der Waals surface area contributed by atoms with Crippen molar-refractivity contribution in [2.75, 3.05) is 5.32 Å². The second kappa shape index (κ2) is 5.70. The molecule has 7 heteroatoms. The highest BCUT2D eigenvalue weighted by Gasteiger charge is 2.20. The van der Waals surface area contributed by atoms with Crippen LogP contribution in [0.4, 0.5) is 21.5 Å². The molecule has 0 atom stereocenters. The largest absolute Gasteiger partial charge is 0.349 e. The average Bonchev–Trinajstić information content (AvgIpc) is 2.32. The summed E-state index contributed by atoms with van der Waals surface area (Å²) in [6.07, 6.45) is 0. The number of rotatable bonds is 3. The number of halogens is 3. The van der Waals surface area contributed by atoms with Gasteiger partial charge in [0.2, 0.25) is 5.82 Å². The van der Waals surface area contributed by atoms with E-state index in [9.17, 15) is 14.5 Å². The zero-order valence-corrected chi connectivity index (χ0v) is 12.3. The molecule has 98 valence electrons. The Morgan fingerprint density at radius 2 is 2.00 bits per heavy atom. The van der Waals surface area contributed by atoms with Crippen LogP contribution in [-0.2, 0) is 0 Å². The molecular weight excluding hydrogens is 385 g/mol. The zero-order valence-electron chi connectivity index (χ0n) is 9.36.